The van der Waals surface area contributed by atoms with Gasteiger partial charge in [-0.25, -0.2) is 17.9 Å². The molecule has 4 rings (SSSR count). The number of primary sulfonamides is 1. The average Bonchev–Trinajstić information content (AvgIpc) is 3.32. The number of benzene rings is 2. The summed E-state index contributed by atoms with van der Waals surface area (Å²) in [5.74, 6) is -0.238. The van der Waals surface area contributed by atoms with Gasteiger partial charge in [-0.2, -0.15) is 0 Å². The van der Waals surface area contributed by atoms with Crippen molar-refractivity contribution in [3.05, 3.63) is 82.9 Å². The van der Waals surface area contributed by atoms with Crippen LogP contribution in [0.2, 0.25) is 0 Å². The number of halogens is 1. The highest BCUT2D eigenvalue weighted by molar-refractivity contribution is 7.89. The zero-order chi connectivity index (χ0) is 23.0. The maximum absolute atomic E-state index is 13.3. The molecule has 1 fully saturated rings. The van der Waals surface area contributed by atoms with Crippen LogP contribution >= 0.6 is 0 Å². The minimum atomic E-state index is -3.76. The lowest BCUT2D eigenvalue weighted by molar-refractivity contribution is 0.0921. The molecule has 1 saturated heterocycles. The van der Waals surface area contributed by atoms with E-state index in [0.29, 0.717) is 5.56 Å². The van der Waals surface area contributed by atoms with Crippen LogP contribution in [0.15, 0.2) is 59.5 Å². The van der Waals surface area contributed by atoms with E-state index in [-0.39, 0.29) is 29.1 Å². The van der Waals surface area contributed by atoms with E-state index in [1.54, 1.807) is 24.3 Å². The van der Waals surface area contributed by atoms with Crippen molar-refractivity contribution in [3.63, 3.8) is 0 Å². The molecule has 0 saturated carbocycles. The van der Waals surface area contributed by atoms with E-state index in [9.17, 15) is 17.6 Å². The SMILES string of the molecule is Cc1cc(C(=O)CN2CCCC2c2ccc(F)cc2)c(C)n1-c1ccc(S(N)(=O)=O)cc1. The van der Waals surface area contributed by atoms with Crippen LogP contribution in [0, 0.1) is 19.7 Å². The van der Waals surface area contributed by atoms with E-state index in [1.165, 1.54) is 24.3 Å². The molecule has 0 aliphatic carbocycles. The van der Waals surface area contributed by atoms with E-state index in [1.807, 2.05) is 24.5 Å². The number of hydrogen-bond acceptors (Lipinski definition) is 4. The van der Waals surface area contributed by atoms with E-state index < -0.39 is 10.0 Å². The highest BCUT2D eigenvalue weighted by Gasteiger charge is 2.29. The lowest BCUT2D eigenvalue weighted by Crippen LogP contribution is -2.29. The summed E-state index contributed by atoms with van der Waals surface area (Å²) >= 11 is 0. The van der Waals surface area contributed by atoms with Crippen molar-refractivity contribution in [2.75, 3.05) is 13.1 Å². The fourth-order valence-electron chi connectivity index (χ4n) is 4.57. The van der Waals surface area contributed by atoms with Crippen molar-refractivity contribution in [1.82, 2.24) is 9.47 Å². The number of nitrogens with two attached hydrogens (primary N) is 1. The van der Waals surface area contributed by atoms with Gasteiger partial charge >= 0.3 is 0 Å². The third kappa shape index (κ3) is 4.39. The monoisotopic (exact) mass is 455 g/mol. The van der Waals surface area contributed by atoms with E-state index in [2.05, 4.69) is 4.90 Å². The van der Waals surface area contributed by atoms with Gasteiger partial charge in [-0.05, 0) is 81.3 Å². The van der Waals surface area contributed by atoms with Gasteiger partial charge in [0.1, 0.15) is 5.82 Å². The van der Waals surface area contributed by atoms with Gasteiger partial charge in [-0.1, -0.05) is 12.1 Å². The highest BCUT2D eigenvalue weighted by atomic mass is 32.2. The summed E-state index contributed by atoms with van der Waals surface area (Å²) in [4.78, 5) is 15.4. The third-order valence-corrected chi connectivity index (χ3v) is 7.05. The number of aromatic nitrogens is 1. The molecule has 1 aliphatic heterocycles. The van der Waals surface area contributed by atoms with E-state index in [0.717, 1.165) is 42.0 Å². The minimum absolute atomic E-state index is 0.0273. The summed E-state index contributed by atoms with van der Waals surface area (Å²) in [5, 5.41) is 5.19. The summed E-state index contributed by atoms with van der Waals surface area (Å²) in [7, 11) is -3.76. The smallest absolute Gasteiger partial charge is 0.238 e. The van der Waals surface area contributed by atoms with Gasteiger partial charge in [0.2, 0.25) is 10.0 Å². The maximum Gasteiger partial charge on any atom is 0.238 e. The first-order valence-corrected chi connectivity index (χ1v) is 12.0. The van der Waals surface area contributed by atoms with Gasteiger partial charge in [0.25, 0.3) is 0 Å². The predicted octanol–water partition coefficient (Wildman–Crippen LogP) is 3.90. The number of carbonyl (C=O) groups excluding carboxylic acids is 1. The number of hydrogen-bond donors (Lipinski definition) is 1. The quantitative estimate of drug-likeness (QED) is 0.571. The largest absolute Gasteiger partial charge is 0.318 e. The summed E-state index contributed by atoms with van der Waals surface area (Å²) < 4.78 is 38.3. The first-order chi connectivity index (χ1) is 15.1. The third-order valence-electron chi connectivity index (χ3n) is 6.12. The number of nitrogens with zero attached hydrogens (tertiary/aromatic N) is 2. The van der Waals surface area contributed by atoms with Crippen molar-refractivity contribution in [2.45, 2.75) is 37.6 Å². The topological polar surface area (TPSA) is 85.4 Å². The van der Waals surface area contributed by atoms with Crippen LogP contribution in [0.4, 0.5) is 4.39 Å². The summed E-state index contributed by atoms with van der Waals surface area (Å²) in [6.07, 6.45) is 1.93. The van der Waals surface area contributed by atoms with Crippen molar-refractivity contribution >= 4 is 15.8 Å². The number of Topliss-reactive ketones (excluding diaryl/α,β-unsaturated/α-hetero) is 1. The standard InChI is InChI=1S/C24H26FN3O3S/c1-16-14-22(17(2)28(16)20-9-11-21(12-10-20)32(26,30)31)24(29)15-27-13-3-4-23(27)18-5-7-19(25)8-6-18/h5-12,14,23H,3-4,13,15H2,1-2H3,(H2,26,30,31). The Balaban J connectivity index is 1.57. The lowest BCUT2D eigenvalue weighted by Gasteiger charge is -2.24. The van der Waals surface area contributed by atoms with E-state index in [4.69, 9.17) is 5.14 Å². The lowest BCUT2D eigenvalue weighted by atomic mass is 10.0. The van der Waals surface area contributed by atoms with Crippen LogP contribution in [0.25, 0.3) is 5.69 Å². The summed E-state index contributed by atoms with van der Waals surface area (Å²) in [6.45, 7) is 4.90. The molecule has 2 aromatic carbocycles. The van der Waals surface area contributed by atoms with Gasteiger partial charge in [-0.3, -0.25) is 9.69 Å². The molecule has 3 aromatic rings. The minimum Gasteiger partial charge on any atom is -0.318 e. The second kappa shape index (κ2) is 8.61. The Kier molecular flexibility index (Phi) is 6.03. The number of likely N-dealkylation sites (tertiary alicyclic amines) is 1. The van der Waals surface area contributed by atoms with Crippen LogP contribution in [0.1, 0.15) is 46.2 Å². The van der Waals surface area contributed by atoms with Crippen LogP contribution in [0.3, 0.4) is 0 Å². The molecule has 2 N–H and O–H groups in total. The number of carbonyl (C=O) groups is 1. The molecule has 168 valence electrons. The molecular formula is C24H26FN3O3S. The van der Waals surface area contributed by atoms with Crippen molar-refractivity contribution in [2.24, 2.45) is 5.14 Å². The molecule has 1 atom stereocenters. The van der Waals surface area contributed by atoms with E-state index >= 15 is 0 Å². The highest BCUT2D eigenvalue weighted by Crippen LogP contribution is 2.32. The molecule has 8 heteroatoms. The fourth-order valence-corrected chi connectivity index (χ4v) is 5.09. The molecule has 1 aromatic heterocycles. The normalized spacial score (nSPS) is 17.1. The summed E-state index contributed by atoms with van der Waals surface area (Å²) in [6, 6.07) is 14.8. The Bertz CT molecular complexity index is 1250. The number of rotatable bonds is 6. The van der Waals surface area contributed by atoms with Crippen molar-refractivity contribution in [3.8, 4) is 5.69 Å². The second-order valence-corrected chi connectivity index (χ2v) is 9.82. The van der Waals surface area contributed by atoms with Crippen molar-refractivity contribution < 1.29 is 17.6 Å². The molecule has 6 nitrogen and oxygen atoms in total. The Morgan fingerprint density at radius 1 is 1.09 bits per heavy atom. The van der Waals surface area contributed by atoms with Gasteiger partial charge in [0.15, 0.2) is 5.78 Å². The van der Waals surface area contributed by atoms with Gasteiger partial charge in [-0.15, -0.1) is 0 Å². The molecule has 0 spiro atoms. The Labute approximate surface area is 187 Å². The first-order valence-electron chi connectivity index (χ1n) is 10.5. The second-order valence-electron chi connectivity index (χ2n) is 8.26. The molecule has 0 amide bonds. The average molecular weight is 456 g/mol. The molecule has 1 aliphatic rings. The zero-order valence-corrected chi connectivity index (χ0v) is 18.9. The molecule has 2 heterocycles. The molecule has 0 radical (unpaired) electrons. The Morgan fingerprint density at radius 2 is 1.75 bits per heavy atom. The number of aryl methyl sites for hydroxylation is 1. The number of sulfonamides is 1. The predicted molar refractivity (Wildman–Crippen MR) is 121 cm³/mol. The van der Waals surface area contributed by atoms with Gasteiger partial charge in [0, 0.05) is 28.7 Å². The molecule has 32 heavy (non-hydrogen) atoms. The van der Waals surface area contributed by atoms with Gasteiger partial charge < -0.3 is 4.57 Å². The number of ketones is 1. The van der Waals surface area contributed by atoms with Crippen LogP contribution in [-0.4, -0.2) is 36.8 Å². The molecule has 1 unspecified atom stereocenters. The Hall–Kier alpha value is -2.81. The van der Waals surface area contributed by atoms with Crippen molar-refractivity contribution in [1.29, 1.82) is 0 Å². The molecular weight excluding hydrogens is 429 g/mol. The Morgan fingerprint density at radius 3 is 2.38 bits per heavy atom. The zero-order valence-electron chi connectivity index (χ0n) is 18.1. The fraction of sp³-hybridized carbons (Fsp3) is 0.292. The van der Waals surface area contributed by atoms with Crippen LogP contribution < -0.4 is 5.14 Å². The summed E-state index contributed by atoms with van der Waals surface area (Å²) in [5.41, 5.74) is 4.11. The van der Waals surface area contributed by atoms with Crippen LogP contribution in [-0.2, 0) is 10.0 Å². The maximum atomic E-state index is 13.3. The van der Waals surface area contributed by atoms with Crippen LogP contribution in [0.5, 0.6) is 0 Å². The van der Waals surface area contributed by atoms with Gasteiger partial charge in [0.05, 0.1) is 11.4 Å². The molecule has 0 bridgehead atoms. The first kappa shape index (κ1) is 22.4.